The topological polar surface area (TPSA) is 23.5 Å². The molecule has 2 heteroatoms. The van der Waals surface area contributed by atoms with E-state index >= 15 is 0 Å². The summed E-state index contributed by atoms with van der Waals surface area (Å²) in [5.41, 5.74) is 0. The first-order valence-corrected chi connectivity index (χ1v) is 7.26. The van der Waals surface area contributed by atoms with Crippen LogP contribution in [0.25, 0.3) is 0 Å². The number of rotatable bonds is 2. The minimum atomic E-state index is -0.0547. The van der Waals surface area contributed by atoms with Crippen LogP contribution in [-0.2, 0) is 0 Å². The van der Waals surface area contributed by atoms with Crippen LogP contribution in [0.15, 0.2) is 0 Å². The van der Waals surface area contributed by atoms with E-state index in [4.69, 9.17) is 0 Å². The van der Waals surface area contributed by atoms with Crippen LogP contribution in [0.3, 0.4) is 0 Å². The highest BCUT2D eigenvalue weighted by molar-refractivity contribution is 4.87. The lowest BCUT2D eigenvalue weighted by Gasteiger charge is -2.41. The van der Waals surface area contributed by atoms with Gasteiger partial charge < -0.3 is 5.11 Å². The van der Waals surface area contributed by atoms with E-state index in [2.05, 4.69) is 11.8 Å². The lowest BCUT2D eigenvalue weighted by atomic mass is 9.90. The maximum atomic E-state index is 10.2. The molecule has 0 radical (unpaired) electrons. The van der Waals surface area contributed by atoms with Crippen LogP contribution in [0.2, 0.25) is 0 Å². The molecule has 1 heterocycles. The first-order valence-electron chi connectivity index (χ1n) is 7.26. The predicted molar refractivity (Wildman–Crippen MR) is 67.5 cm³/mol. The van der Waals surface area contributed by atoms with Crippen molar-refractivity contribution < 1.29 is 5.11 Å². The van der Waals surface area contributed by atoms with E-state index in [9.17, 15) is 5.11 Å². The highest BCUT2D eigenvalue weighted by Gasteiger charge is 2.32. The Labute approximate surface area is 100 Å². The van der Waals surface area contributed by atoms with Crippen LogP contribution in [-0.4, -0.2) is 34.7 Å². The zero-order chi connectivity index (χ0) is 11.4. The Kier molecular flexibility index (Phi) is 4.66. The van der Waals surface area contributed by atoms with Gasteiger partial charge in [0.2, 0.25) is 0 Å². The average molecular weight is 225 g/mol. The molecule has 0 amide bonds. The second kappa shape index (κ2) is 6.02. The fourth-order valence-electron chi connectivity index (χ4n) is 3.55. The van der Waals surface area contributed by atoms with E-state index in [0.717, 1.165) is 12.5 Å². The molecule has 1 saturated heterocycles. The Bertz CT molecular complexity index is 207. The summed E-state index contributed by atoms with van der Waals surface area (Å²) >= 11 is 0. The summed E-state index contributed by atoms with van der Waals surface area (Å²) in [5.74, 6) is 0. The van der Waals surface area contributed by atoms with Gasteiger partial charge in [0, 0.05) is 12.1 Å². The molecule has 16 heavy (non-hydrogen) atoms. The molecule has 1 aliphatic heterocycles. The van der Waals surface area contributed by atoms with E-state index in [-0.39, 0.29) is 6.10 Å². The minimum Gasteiger partial charge on any atom is -0.391 e. The minimum absolute atomic E-state index is 0.0547. The van der Waals surface area contributed by atoms with Gasteiger partial charge in [-0.15, -0.1) is 0 Å². The van der Waals surface area contributed by atoms with Crippen LogP contribution in [0.5, 0.6) is 0 Å². The van der Waals surface area contributed by atoms with Gasteiger partial charge in [-0.1, -0.05) is 32.6 Å². The predicted octanol–water partition coefficient (Wildman–Crippen LogP) is 2.94. The molecule has 2 rings (SSSR count). The SMILES string of the molecule is CCC1CCCCCN1[C@@H]1CCCC[C@H]1O. The van der Waals surface area contributed by atoms with Crippen LogP contribution in [0.4, 0.5) is 0 Å². The van der Waals surface area contributed by atoms with Crippen molar-refractivity contribution in [2.24, 2.45) is 0 Å². The summed E-state index contributed by atoms with van der Waals surface area (Å²) in [7, 11) is 0. The van der Waals surface area contributed by atoms with Crippen molar-refractivity contribution in [3.8, 4) is 0 Å². The van der Waals surface area contributed by atoms with Crippen LogP contribution < -0.4 is 0 Å². The molecule has 1 unspecified atom stereocenters. The van der Waals surface area contributed by atoms with Crippen LogP contribution >= 0.6 is 0 Å². The summed E-state index contributed by atoms with van der Waals surface area (Å²) in [6, 6.07) is 1.21. The fourth-order valence-corrected chi connectivity index (χ4v) is 3.55. The normalized spacial score (nSPS) is 38.2. The molecular formula is C14H27NO. The summed E-state index contributed by atoms with van der Waals surface area (Å²) in [5, 5.41) is 10.2. The van der Waals surface area contributed by atoms with Crippen molar-refractivity contribution in [3.05, 3.63) is 0 Å². The largest absolute Gasteiger partial charge is 0.391 e. The molecule has 0 aromatic carbocycles. The van der Waals surface area contributed by atoms with Gasteiger partial charge in [-0.05, 0) is 38.6 Å². The molecule has 2 nitrogen and oxygen atoms in total. The van der Waals surface area contributed by atoms with Crippen LogP contribution in [0, 0.1) is 0 Å². The van der Waals surface area contributed by atoms with E-state index < -0.39 is 0 Å². The summed E-state index contributed by atoms with van der Waals surface area (Å²) in [6.07, 6.45) is 11.4. The third-order valence-corrected chi connectivity index (χ3v) is 4.51. The molecule has 2 fully saturated rings. The molecule has 0 bridgehead atoms. The number of aliphatic hydroxyl groups excluding tert-OH is 1. The lowest BCUT2D eigenvalue weighted by molar-refractivity contribution is -0.00147. The number of aliphatic hydroxyl groups is 1. The molecule has 1 aliphatic carbocycles. The third kappa shape index (κ3) is 2.78. The molecule has 2 aliphatic rings. The van der Waals surface area contributed by atoms with E-state index in [0.29, 0.717) is 6.04 Å². The molecule has 94 valence electrons. The van der Waals surface area contributed by atoms with Gasteiger partial charge in [-0.2, -0.15) is 0 Å². The fraction of sp³-hybridized carbons (Fsp3) is 1.00. The highest BCUT2D eigenvalue weighted by atomic mass is 16.3. The zero-order valence-electron chi connectivity index (χ0n) is 10.7. The molecule has 0 aromatic rings. The Hall–Kier alpha value is -0.0800. The molecule has 3 atom stereocenters. The summed E-state index contributed by atoms with van der Waals surface area (Å²) < 4.78 is 0. The van der Waals surface area contributed by atoms with Crippen LogP contribution in [0.1, 0.15) is 64.7 Å². The zero-order valence-corrected chi connectivity index (χ0v) is 10.7. The Morgan fingerprint density at radius 2 is 1.75 bits per heavy atom. The van der Waals surface area contributed by atoms with Gasteiger partial charge in [0.1, 0.15) is 0 Å². The van der Waals surface area contributed by atoms with E-state index in [1.807, 2.05) is 0 Å². The third-order valence-electron chi connectivity index (χ3n) is 4.51. The van der Waals surface area contributed by atoms with Crippen molar-refractivity contribution in [1.29, 1.82) is 0 Å². The molecule has 1 saturated carbocycles. The maximum Gasteiger partial charge on any atom is 0.0695 e. The Morgan fingerprint density at radius 1 is 1.00 bits per heavy atom. The maximum absolute atomic E-state index is 10.2. The quantitative estimate of drug-likeness (QED) is 0.781. The monoisotopic (exact) mass is 225 g/mol. The van der Waals surface area contributed by atoms with Gasteiger partial charge in [0.25, 0.3) is 0 Å². The van der Waals surface area contributed by atoms with Crippen molar-refractivity contribution in [1.82, 2.24) is 4.90 Å². The highest BCUT2D eigenvalue weighted by Crippen LogP contribution is 2.29. The first kappa shape index (κ1) is 12.4. The average Bonchev–Trinajstić information content (AvgIpc) is 2.54. The smallest absolute Gasteiger partial charge is 0.0695 e. The second-order valence-electron chi connectivity index (χ2n) is 5.57. The Morgan fingerprint density at radius 3 is 2.50 bits per heavy atom. The molecular weight excluding hydrogens is 198 g/mol. The van der Waals surface area contributed by atoms with Gasteiger partial charge in [-0.3, -0.25) is 4.90 Å². The van der Waals surface area contributed by atoms with Crippen molar-refractivity contribution in [3.63, 3.8) is 0 Å². The second-order valence-corrected chi connectivity index (χ2v) is 5.57. The number of hydrogen-bond acceptors (Lipinski definition) is 2. The summed E-state index contributed by atoms with van der Waals surface area (Å²) in [4.78, 5) is 2.65. The van der Waals surface area contributed by atoms with Crippen molar-refractivity contribution in [2.75, 3.05) is 6.54 Å². The number of nitrogens with zero attached hydrogens (tertiary/aromatic N) is 1. The number of hydrogen-bond donors (Lipinski definition) is 1. The first-order chi connectivity index (χ1) is 7.83. The van der Waals surface area contributed by atoms with Crippen molar-refractivity contribution in [2.45, 2.75) is 82.9 Å². The van der Waals surface area contributed by atoms with E-state index in [1.54, 1.807) is 0 Å². The molecule has 0 aromatic heterocycles. The van der Waals surface area contributed by atoms with Crippen molar-refractivity contribution >= 4 is 0 Å². The van der Waals surface area contributed by atoms with Gasteiger partial charge in [-0.25, -0.2) is 0 Å². The Balaban J connectivity index is 2.02. The summed E-state index contributed by atoms with van der Waals surface area (Å²) in [6.45, 7) is 3.53. The standard InChI is InChI=1S/C14H27NO/c1-2-12-8-4-3-7-11-15(12)13-9-5-6-10-14(13)16/h12-14,16H,2-11H2,1H3/t12?,13-,14-/m1/s1. The van der Waals surface area contributed by atoms with Gasteiger partial charge >= 0.3 is 0 Å². The molecule has 1 N–H and O–H groups in total. The van der Waals surface area contributed by atoms with E-state index in [1.165, 1.54) is 57.9 Å². The lowest BCUT2D eigenvalue weighted by Crippen LogP contribution is -2.50. The van der Waals surface area contributed by atoms with Gasteiger partial charge in [0.05, 0.1) is 6.10 Å². The molecule has 0 spiro atoms. The van der Waals surface area contributed by atoms with Gasteiger partial charge in [0.15, 0.2) is 0 Å². The number of likely N-dealkylation sites (tertiary alicyclic amines) is 1.